The molecule has 0 bridgehead atoms. The van der Waals surface area contributed by atoms with Crippen molar-refractivity contribution in [3.8, 4) is 5.75 Å². The topological polar surface area (TPSA) is 92.7 Å². The van der Waals surface area contributed by atoms with Crippen molar-refractivity contribution >= 4 is 29.8 Å². The van der Waals surface area contributed by atoms with Crippen molar-refractivity contribution in [2.24, 2.45) is 0 Å². The Bertz CT molecular complexity index is 503. The minimum absolute atomic E-state index is 0.243. The average Bonchev–Trinajstić information content (AvgIpc) is 2.37. The summed E-state index contributed by atoms with van der Waals surface area (Å²) in [5.41, 5.74) is 0.254. The number of aliphatic carboxylic acids is 1. The molecule has 0 heterocycles. The molecule has 1 aromatic rings. The molecule has 6 nitrogen and oxygen atoms in total. The van der Waals surface area contributed by atoms with Crippen LogP contribution in [0.3, 0.4) is 0 Å². The van der Waals surface area contributed by atoms with E-state index in [0.29, 0.717) is 5.75 Å². The lowest BCUT2D eigenvalue weighted by Crippen LogP contribution is -2.37. The van der Waals surface area contributed by atoms with Gasteiger partial charge in [0, 0.05) is 12.0 Å². The normalized spacial score (nSPS) is 11.5. The van der Waals surface area contributed by atoms with E-state index in [1.54, 1.807) is 0 Å². The molecule has 19 heavy (non-hydrogen) atoms. The van der Waals surface area contributed by atoms with E-state index < -0.39 is 17.8 Å². The maximum atomic E-state index is 11.9. The number of Topliss-reactive ketones (excluding diaryl/α,β-unsaturated/α-hetero) is 1. The van der Waals surface area contributed by atoms with E-state index in [1.807, 2.05) is 0 Å². The van der Waals surface area contributed by atoms with Crippen LogP contribution in [-0.4, -0.2) is 36.4 Å². The van der Waals surface area contributed by atoms with Gasteiger partial charge in [-0.15, -0.1) is 0 Å². The zero-order chi connectivity index (χ0) is 14.4. The number of ether oxygens (including phenoxy) is 1. The van der Waals surface area contributed by atoms with E-state index in [9.17, 15) is 14.4 Å². The van der Waals surface area contributed by atoms with Crippen molar-refractivity contribution < 1.29 is 24.2 Å². The Morgan fingerprint density at radius 1 is 1.53 bits per heavy atom. The Morgan fingerprint density at radius 3 is 2.68 bits per heavy atom. The van der Waals surface area contributed by atoms with E-state index in [0.717, 1.165) is 0 Å². The van der Waals surface area contributed by atoms with Gasteiger partial charge < -0.3 is 15.2 Å². The molecule has 1 amide bonds. The van der Waals surface area contributed by atoms with Crippen LogP contribution in [0.2, 0.25) is 5.02 Å². The van der Waals surface area contributed by atoms with Crippen LogP contribution in [0.5, 0.6) is 5.75 Å². The van der Waals surface area contributed by atoms with E-state index >= 15 is 0 Å². The number of carboxylic acids is 1. The highest BCUT2D eigenvalue weighted by atomic mass is 35.5. The summed E-state index contributed by atoms with van der Waals surface area (Å²) in [5.74, 6) is -1.30. The second-order valence-corrected chi connectivity index (χ2v) is 4.06. The quantitative estimate of drug-likeness (QED) is 0.578. The smallest absolute Gasteiger partial charge is 0.326 e. The van der Waals surface area contributed by atoms with E-state index in [2.05, 4.69) is 5.32 Å². The van der Waals surface area contributed by atoms with E-state index in [1.165, 1.54) is 25.3 Å². The predicted octanol–water partition coefficient (Wildman–Crippen LogP) is 1.12. The van der Waals surface area contributed by atoms with Crippen molar-refractivity contribution in [3.05, 3.63) is 28.8 Å². The summed E-state index contributed by atoms with van der Waals surface area (Å²) < 4.78 is 4.94. The van der Waals surface area contributed by atoms with Gasteiger partial charge in [-0.25, -0.2) is 4.79 Å². The zero-order valence-corrected chi connectivity index (χ0v) is 10.8. The third-order valence-electron chi connectivity index (χ3n) is 2.43. The molecule has 0 spiro atoms. The third-order valence-corrected chi connectivity index (χ3v) is 2.73. The summed E-state index contributed by atoms with van der Waals surface area (Å²) in [7, 11) is 1.44. The first-order chi connectivity index (χ1) is 8.99. The van der Waals surface area contributed by atoms with Gasteiger partial charge in [-0.2, -0.15) is 0 Å². The number of nitrogens with one attached hydrogen (secondary N) is 1. The van der Waals surface area contributed by atoms with E-state index in [-0.39, 0.29) is 23.4 Å². The Kier molecular flexibility index (Phi) is 5.32. The number of methoxy groups -OCH3 is 1. The Labute approximate surface area is 114 Å². The molecule has 0 aliphatic carbocycles. The SMILES string of the molecule is COc1ccc(C(=O)CC(NC=O)C(=O)O)cc1Cl. The Balaban J connectivity index is 2.85. The minimum Gasteiger partial charge on any atom is -0.495 e. The number of carbonyl (C=O) groups is 3. The molecule has 1 rings (SSSR count). The minimum atomic E-state index is -1.28. The van der Waals surface area contributed by atoms with Gasteiger partial charge in [0.05, 0.1) is 12.1 Å². The van der Waals surface area contributed by atoms with Crippen molar-refractivity contribution in [2.45, 2.75) is 12.5 Å². The number of hydrogen-bond donors (Lipinski definition) is 2. The number of halogens is 1. The van der Waals surface area contributed by atoms with Crippen molar-refractivity contribution in [2.75, 3.05) is 7.11 Å². The first-order valence-electron chi connectivity index (χ1n) is 5.28. The van der Waals surface area contributed by atoms with Crippen LogP contribution < -0.4 is 10.1 Å². The molecule has 0 aliphatic heterocycles. The first kappa shape index (κ1) is 15.0. The Hall–Kier alpha value is -2.08. The van der Waals surface area contributed by atoms with Crippen LogP contribution in [-0.2, 0) is 9.59 Å². The number of ketones is 1. The monoisotopic (exact) mass is 285 g/mol. The van der Waals surface area contributed by atoms with Crippen molar-refractivity contribution in [1.82, 2.24) is 5.32 Å². The lowest BCUT2D eigenvalue weighted by molar-refractivity contribution is -0.140. The van der Waals surface area contributed by atoms with Gasteiger partial charge in [-0.05, 0) is 18.2 Å². The van der Waals surface area contributed by atoms with Crippen molar-refractivity contribution in [3.63, 3.8) is 0 Å². The molecule has 0 saturated carbocycles. The first-order valence-corrected chi connectivity index (χ1v) is 5.66. The second-order valence-electron chi connectivity index (χ2n) is 3.65. The standard InChI is InChI=1S/C12H12ClNO5/c1-19-11-3-2-7(4-8(11)13)10(16)5-9(12(17)18)14-6-15/h2-4,6,9H,5H2,1H3,(H,14,15)(H,17,18). The molecule has 102 valence electrons. The summed E-state index contributed by atoms with van der Waals surface area (Å²) in [4.78, 5) is 32.9. The second kappa shape index (κ2) is 6.75. The number of carbonyl (C=O) groups excluding carboxylic acids is 2. The lowest BCUT2D eigenvalue weighted by atomic mass is 10.0. The molecule has 1 unspecified atom stereocenters. The van der Waals surface area contributed by atoms with Gasteiger partial charge in [0.1, 0.15) is 11.8 Å². The fraction of sp³-hybridized carbons (Fsp3) is 0.250. The molecule has 0 fully saturated rings. The molecule has 0 radical (unpaired) electrons. The number of amides is 1. The summed E-state index contributed by atoms with van der Waals surface area (Å²) in [6.45, 7) is 0. The molecule has 0 aliphatic rings. The fourth-order valence-electron chi connectivity index (χ4n) is 1.44. The van der Waals surface area contributed by atoms with E-state index in [4.69, 9.17) is 21.4 Å². The molecule has 2 N–H and O–H groups in total. The maximum Gasteiger partial charge on any atom is 0.326 e. The lowest BCUT2D eigenvalue weighted by Gasteiger charge is -2.10. The van der Waals surface area contributed by atoms with Crippen LogP contribution in [0.4, 0.5) is 0 Å². The highest BCUT2D eigenvalue weighted by molar-refractivity contribution is 6.32. The highest BCUT2D eigenvalue weighted by Gasteiger charge is 2.21. The molecule has 7 heteroatoms. The summed E-state index contributed by atoms with van der Waals surface area (Å²) >= 11 is 5.87. The van der Waals surface area contributed by atoms with Gasteiger partial charge in [-0.1, -0.05) is 11.6 Å². The molecule has 1 atom stereocenters. The highest BCUT2D eigenvalue weighted by Crippen LogP contribution is 2.25. The molecular weight excluding hydrogens is 274 g/mol. The van der Waals surface area contributed by atoms with Crippen molar-refractivity contribution in [1.29, 1.82) is 0 Å². The zero-order valence-electron chi connectivity index (χ0n) is 10.1. The fourth-order valence-corrected chi connectivity index (χ4v) is 1.70. The number of hydrogen-bond acceptors (Lipinski definition) is 4. The molecule has 0 aromatic heterocycles. The van der Waals surface area contributed by atoms with Gasteiger partial charge in [0.15, 0.2) is 5.78 Å². The van der Waals surface area contributed by atoms with Gasteiger partial charge >= 0.3 is 5.97 Å². The predicted molar refractivity (Wildman–Crippen MR) is 67.6 cm³/mol. The van der Waals surface area contributed by atoms with Gasteiger partial charge in [0.2, 0.25) is 6.41 Å². The number of benzene rings is 1. The summed E-state index contributed by atoms with van der Waals surface area (Å²) in [6.07, 6.45) is -0.107. The van der Waals surface area contributed by atoms with Crippen LogP contribution >= 0.6 is 11.6 Å². The Morgan fingerprint density at radius 2 is 2.21 bits per heavy atom. The molecule has 1 aromatic carbocycles. The number of carboxylic acid groups (broad SMARTS) is 1. The molecular formula is C12H12ClNO5. The third kappa shape index (κ3) is 3.96. The van der Waals surface area contributed by atoms with Crippen LogP contribution in [0.15, 0.2) is 18.2 Å². The average molecular weight is 286 g/mol. The van der Waals surface area contributed by atoms with Gasteiger partial charge in [-0.3, -0.25) is 9.59 Å². The summed E-state index contributed by atoms with van der Waals surface area (Å²) in [5, 5.41) is 11.1. The molecule has 0 saturated heterocycles. The van der Waals surface area contributed by atoms with Crippen LogP contribution in [0.25, 0.3) is 0 Å². The van der Waals surface area contributed by atoms with Crippen LogP contribution in [0, 0.1) is 0 Å². The maximum absolute atomic E-state index is 11.9. The summed E-state index contributed by atoms with van der Waals surface area (Å²) in [6, 6.07) is 3.12. The van der Waals surface area contributed by atoms with Crippen LogP contribution in [0.1, 0.15) is 16.8 Å². The number of rotatable bonds is 7. The van der Waals surface area contributed by atoms with Gasteiger partial charge in [0.25, 0.3) is 0 Å². The largest absolute Gasteiger partial charge is 0.495 e.